The lowest BCUT2D eigenvalue weighted by Crippen LogP contribution is -2.42. The van der Waals surface area contributed by atoms with Gasteiger partial charge in [0.2, 0.25) is 0 Å². The van der Waals surface area contributed by atoms with Crippen LogP contribution in [0, 0.1) is 5.92 Å². The van der Waals surface area contributed by atoms with E-state index in [9.17, 15) is 9.59 Å². The molecule has 1 aromatic rings. The summed E-state index contributed by atoms with van der Waals surface area (Å²) < 4.78 is 5.08. The highest BCUT2D eigenvalue weighted by molar-refractivity contribution is 7.98. The molecule has 5 heteroatoms. The molecule has 1 aromatic carbocycles. The smallest absolute Gasteiger partial charge is 0.338 e. The van der Waals surface area contributed by atoms with Gasteiger partial charge in [-0.05, 0) is 49.3 Å². The zero-order chi connectivity index (χ0) is 15.9. The van der Waals surface area contributed by atoms with Crippen LogP contribution >= 0.6 is 11.8 Å². The molecule has 1 N–H and O–H groups in total. The molecule has 120 valence electrons. The lowest BCUT2D eigenvalue weighted by Gasteiger charge is -2.29. The molecule has 22 heavy (non-hydrogen) atoms. The van der Waals surface area contributed by atoms with Gasteiger partial charge in [-0.15, -0.1) is 11.8 Å². The van der Waals surface area contributed by atoms with Crippen LogP contribution < -0.4 is 5.32 Å². The predicted molar refractivity (Wildman–Crippen MR) is 88.1 cm³/mol. The maximum Gasteiger partial charge on any atom is 0.338 e. The van der Waals surface area contributed by atoms with Gasteiger partial charge in [-0.25, -0.2) is 4.79 Å². The molecule has 0 aromatic heterocycles. The van der Waals surface area contributed by atoms with Crippen LogP contribution in [-0.2, 0) is 9.53 Å². The SMILES string of the molecule is CSc1ccc(C(=O)OCC(=O)N[C@H]2CCCC[C@@H]2C)cc1. The topological polar surface area (TPSA) is 55.4 Å². The van der Waals surface area contributed by atoms with Crippen molar-refractivity contribution in [2.24, 2.45) is 5.92 Å². The number of ether oxygens (including phenoxy) is 1. The first-order valence-corrected chi connectivity index (χ1v) is 8.93. The fraction of sp³-hybridized carbons (Fsp3) is 0.529. The van der Waals surface area contributed by atoms with Crippen molar-refractivity contribution >= 4 is 23.6 Å². The van der Waals surface area contributed by atoms with Crippen LogP contribution in [-0.4, -0.2) is 30.8 Å². The van der Waals surface area contributed by atoms with Crippen LogP contribution in [0.25, 0.3) is 0 Å². The molecular weight excluding hydrogens is 298 g/mol. The highest BCUT2D eigenvalue weighted by Gasteiger charge is 2.23. The summed E-state index contributed by atoms with van der Waals surface area (Å²) in [6.45, 7) is 1.94. The highest BCUT2D eigenvalue weighted by Crippen LogP contribution is 2.23. The lowest BCUT2D eigenvalue weighted by molar-refractivity contribution is -0.125. The molecule has 2 rings (SSSR count). The van der Waals surface area contributed by atoms with E-state index < -0.39 is 5.97 Å². The predicted octanol–water partition coefficient (Wildman–Crippen LogP) is 3.26. The summed E-state index contributed by atoms with van der Waals surface area (Å²) in [7, 11) is 0. The van der Waals surface area contributed by atoms with Gasteiger partial charge in [0.25, 0.3) is 5.91 Å². The molecule has 0 unspecified atom stereocenters. The van der Waals surface area contributed by atoms with E-state index in [1.165, 1.54) is 6.42 Å². The molecule has 0 aliphatic heterocycles. The summed E-state index contributed by atoms with van der Waals surface area (Å²) >= 11 is 1.61. The second-order valence-corrected chi connectivity index (χ2v) is 6.62. The van der Waals surface area contributed by atoms with Crippen molar-refractivity contribution in [3.63, 3.8) is 0 Å². The summed E-state index contributed by atoms with van der Waals surface area (Å²) in [5.74, 6) is -0.181. The molecule has 1 amide bonds. The first-order chi connectivity index (χ1) is 10.6. The molecule has 1 aliphatic rings. The van der Waals surface area contributed by atoms with E-state index >= 15 is 0 Å². The van der Waals surface area contributed by atoms with Gasteiger partial charge in [0.1, 0.15) is 0 Å². The molecule has 1 aliphatic carbocycles. The summed E-state index contributed by atoms with van der Waals surface area (Å²) in [6, 6.07) is 7.38. The van der Waals surface area contributed by atoms with Crippen molar-refractivity contribution in [2.45, 2.75) is 43.5 Å². The van der Waals surface area contributed by atoms with Crippen LogP contribution in [0.3, 0.4) is 0 Å². The minimum Gasteiger partial charge on any atom is -0.452 e. The standard InChI is InChI=1S/C17H23NO3S/c1-12-5-3-4-6-15(12)18-16(19)11-21-17(20)13-7-9-14(22-2)10-8-13/h7-10,12,15H,3-6,11H2,1-2H3,(H,18,19)/t12-,15-/m0/s1. The first kappa shape index (κ1) is 16.9. The van der Waals surface area contributed by atoms with Gasteiger partial charge in [0, 0.05) is 10.9 Å². The van der Waals surface area contributed by atoms with Gasteiger partial charge in [0.05, 0.1) is 5.56 Å². The maximum atomic E-state index is 11.9. The van der Waals surface area contributed by atoms with E-state index in [4.69, 9.17) is 4.74 Å². The minimum atomic E-state index is -0.459. The highest BCUT2D eigenvalue weighted by atomic mass is 32.2. The average molecular weight is 321 g/mol. The van der Waals surface area contributed by atoms with Crippen molar-refractivity contribution in [3.05, 3.63) is 29.8 Å². The van der Waals surface area contributed by atoms with E-state index in [1.807, 2.05) is 18.4 Å². The molecule has 0 bridgehead atoms. The van der Waals surface area contributed by atoms with Gasteiger partial charge >= 0.3 is 5.97 Å². The van der Waals surface area contributed by atoms with E-state index in [1.54, 1.807) is 23.9 Å². The third-order valence-corrected chi connectivity index (χ3v) is 4.86. The second kappa shape index (κ2) is 8.22. The zero-order valence-corrected chi connectivity index (χ0v) is 13.9. The Morgan fingerprint density at radius 1 is 1.23 bits per heavy atom. The van der Waals surface area contributed by atoms with Crippen molar-refractivity contribution in [1.29, 1.82) is 0 Å². The number of thioether (sulfide) groups is 1. The Labute approximate surface area is 136 Å². The third-order valence-electron chi connectivity index (χ3n) is 4.12. The van der Waals surface area contributed by atoms with Crippen LogP contribution in [0.2, 0.25) is 0 Å². The van der Waals surface area contributed by atoms with Crippen molar-refractivity contribution in [2.75, 3.05) is 12.9 Å². The Bertz CT molecular complexity index is 515. The number of benzene rings is 1. The molecule has 1 saturated carbocycles. The van der Waals surface area contributed by atoms with E-state index in [0.717, 1.165) is 24.2 Å². The first-order valence-electron chi connectivity index (χ1n) is 7.70. The Balaban J connectivity index is 1.78. The summed E-state index contributed by atoms with van der Waals surface area (Å²) in [5.41, 5.74) is 0.469. The summed E-state index contributed by atoms with van der Waals surface area (Å²) in [6.07, 6.45) is 6.51. The number of hydrogen-bond acceptors (Lipinski definition) is 4. The maximum absolute atomic E-state index is 11.9. The molecule has 4 nitrogen and oxygen atoms in total. The third kappa shape index (κ3) is 4.77. The average Bonchev–Trinajstić information content (AvgIpc) is 2.55. The molecule has 0 heterocycles. The zero-order valence-electron chi connectivity index (χ0n) is 13.1. The van der Waals surface area contributed by atoms with E-state index in [0.29, 0.717) is 11.5 Å². The van der Waals surface area contributed by atoms with Gasteiger partial charge in [-0.3, -0.25) is 4.79 Å². The van der Waals surface area contributed by atoms with E-state index in [-0.39, 0.29) is 18.6 Å². The Kier molecular flexibility index (Phi) is 6.31. The molecule has 0 spiro atoms. The van der Waals surface area contributed by atoms with Gasteiger partial charge in [0.15, 0.2) is 6.61 Å². The minimum absolute atomic E-state index is 0.209. The number of nitrogens with one attached hydrogen (secondary N) is 1. The summed E-state index contributed by atoms with van der Waals surface area (Å²) in [4.78, 5) is 24.9. The Morgan fingerprint density at radius 2 is 1.91 bits per heavy atom. The van der Waals surface area contributed by atoms with Crippen LogP contribution in [0.1, 0.15) is 43.0 Å². The number of rotatable bonds is 5. The van der Waals surface area contributed by atoms with Gasteiger partial charge in [-0.1, -0.05) is 19.8 Å². The Morgan fingerprint density at radius 3 is 2.55 bits per heavy atom. The summed E-state index contributed by atoms with van der Waals surface area (Å²) in [5, 5.41) is 2.97. The number of carbonyl (C=O) groups is 2. The number of amides is 1. The van der Waals surface area contributed by atoms with Crippen LogP contribution in [0.15, 0.2) is 29.2 Å². The van der Waals surface area contributed by atoms with Crippen LogP contribution in [0.4, 0.5) is 0 Å². The van der Waals surface area contributed by atoms with Crippen LogP contribution in [0.5, 0.6) is 0 Å². The van der Waals surface area contributed by atoms with Gasteiger partial charge in [-0.2, -0.15) is 0 Å². The van der Waals surface area contributed by atoms with E-state index in [2.05, 4.69) is 12.2 Å². The second-order valence-electron chi connectivity index (χ2n) is 5.74. The number of esters is 1. The molecule has 0 saturated heterocycles. The van der Waals surface area contributed by atoms with Crippen molar-refractivity contribution < 1.29 is 14.3 Å². The fourth-order valence-corrected chi connectivity index (χ4v) is 3.13. The Hall–Kier alpha value is -1.49. The number of hydrogen-bond donors (Lipinski definition) is 1. The lowest BCUT2D eigenvalue weighted by atomic mass is 9.86. The molecule has 2 atom stereocenters. The molecule has 1 fully saturated rings. The van der Waals surface area contributed by atoms with Gasteiger partial charge < -0.3 is 10.1 Å². The fourth-order valence-electron chi connectivity index (χ4n) is 2.72. The van der Waals surface area contributed by atoms with Crippen molar-refractivity contribution in [3.8, 4) is 0 Å². The monoisotopic (exact) mass is 321 g/mol. The molecule has 0 radical (unpaired) electrons. The largest absolute Gasteiger partial charge is 0.452 e. The van der Waals surface area contributed by atoms with Crippen molar-refractivity contribution in [1.82, 2.24) is 5.32 Å². The normalized spacial score (nSPS) is 21.2. The quantitative estimate of drug-likeness (QED) is 0.668. The number of carbonyl (C=O) groups excluding carboxylic acids is 2. The molecular formula is C17H23NO3S.